The molecule has 6 rings (SSSR count). The number of ether oxygens (including phenoxy) is 1. The molecule has 0 unspecified atom stereocenters. The Labute approximate surface area is 197 Å². The summed E-state index contributed by atoms with van der Waals surface area (Å²) in [6.07, 6.45) is 6.98. The molecule has 178 valence electrons. The van der Waals surface area contributed by atoms with E-state index in [-0.39, 0.29) is 17.6 Å². The van der Waals surface area contributed by atoms with Crippen molar-refractivity contribution in [1.82, 2.24) is 9.88 Å². The van der Waals surface area contributed by atoms with Gasteiger partial charge in [0.25, 0.3) is 0 Å². The Morgan fingerprint density at radius 3 is 2.71 bits per heavy atom. The highest BCUT2D eigenvalue weighted by atomic mass is 19.1. The van der Waals surface area contributed by atoms with E-state index in [4.69, 9.17) is 10.5 Å². The minimum absolute atomic E-state index is 0.0690. The zero-order valence-corrected chi connectivity index (χ0v) is 19.1. The average Bonchev–Trinajstić information content (AvgIpc) is 3.14. The fourth-order valence-corrected chi connectivity index (χ4v) is 6.11. The molecule has 3 aromatic rings. The van der Waals surface area contributed by atoms with Crippen LogP contribution in [0.15, 0.2) is 30.3 Å². The molecule has 2 heterocycles. The number of rotatable bonds is 5. The number of H-pyrrole nitrogens is 1. The topological polar surface area (TPSA) is 71.4 Å². The largest absolute Gasteiger partial charge is 0.489 e. The molecule has 34 heavy (non-hydrogen) atoms. The molecule has 1 amide bonds. The molecule has 3 N–H and O–H groups in total. The van der Waals surface area contributed by atoms with E-state index < -0.39 is 11.7 Å². The first-order chi connectivity index (χ1) is 16.5. The Balaban J connectivity index is 1.26. The average molecular weight is 466 g/mol. The van der Waals surface area contributed by atoms with Gasteiger partial charge in [-0.1, -0.05) is 6.42 Å². The lowest BCUT2D eigenvalue weighted by Crippen LogP contribution is -2.53. The van der Waals surface area contributed by atoms with Crippen molar-refractivity contribution in [3.05, 3.63) is 64.4 Å². The maximum Gasteiger partial charge on any atom is 0.249 e. The summed E-state index contributed by atoms with van der Waals surface area (Å²) in [6.45, 7) is 1.32. The van der Waals surface area contributed by atoms with E-state index in [2.05, 4.69) is 9.88 Å². The van der Waals surface area contributed by atoms with E-state index in [9.17, 15) is 13.6 Å². The fraction of sp³-hybridized carbons (Fsp3) is 0.444. The first-order valence-electron chi connectivity index (χ1n) is 12.3. The maximum atomic E-state index is 14.4. The number of hydrogen-bond acceptors (Lipinski definition) is 3. The van der Waals surface area contributed by atoms with Crippen molar-refractivity contribution in [2.75, 3.05) is 13.2 Å². The molecule has 5 nitrogen and oxygen atoms in total. The fourth-order valence-electron chi connectivity index (χ4n) is 6.11. The maximum absolute atomic E-state index is 14.4. The van der Waals surface area contributed by atoms with Crippen LogP contribution in [0.1, 0.15) is 52.9 Å². The monoisotopic (exact) mass is 465 g/mol. The number of primary amides is 1. The number of amides is 1. The molecule has 1 saturated carbocycles. The summed E-state index contributed by atoms with van der Waals surface area (Å²) in [6, 6.07) is 8.24. The molecular formula is C27H29F2N3O2. The number of carbonyl (C=O) groups is 1. The van der Waals surface area contributed by atoms with Crippen LogP contribution < -0.4 is 10.5 Å². The third kappa shape index (κ3) is 3.66. The van der Waals surface area contributed by atoms with Gasteiger partial charge in [0.05, 0.1) is 0 Å². The third-order valence-corrected chi connectivity index (χ3v) is 8.07. The van der Waals surface area contributed by atoms with Crippen molar-refractivity contribution in [3.8, 4) is 5.75 Å². The number of halogens is 2. The van der Waals surface area contributed by atoms with Gasteiger partial charge >= 0.3 is 0 Å². The van der Waals surface area contributed by atoms with Crippen LogP contribution in [0.3, 0.4) is 0 Å². The van der Waals surface area contributed by atoms with Crippen LogP contribution in [0.5, 0.6) is 5.75 Å². The first-order valence-corrected chi connectivity index (χ1v) is 12.3. The Morgan fingerprint density at radius 2 is 1.94 bits per heavy atom. The summed E-state index contributed by atoms with van der Waals surface area (Å²) in [5.41, 5.74) is 9.99. The lowest BCUT2D eigenvalue weighted by Gasteiger charge is -2.46. The highest BCUT2D eigenvalue weighted by molar-refractivity contribution is 5.95. The van der Waals surface area contributed by atoms with Crippen molar-refractivity contribution in [2.24, 2.45) is 11.7 Å². The van der Waals surface area contributed by atoms with Gasteiger partial charge in [-0.25, -0.2) is 8.78 Å². The van der Waals surface area contributed by atoms with Gasteiger partial charge in [0, 0.05) is 46.4 Å². The van der Waals surface area contributed by atoms with Crippen molar-refractivity contribution < 1.29 is 18.3 Å². The number of nitrogens with two attached hydrogens (primary N) is 1. The smallest absolute Gasteiger partial charge is 0.249 e. The van der Waals surface area contributed by atoms with Crippen molar-refractivity contribution in [2.45, 2.75) is 57.0 Å². The molecule has 1 aromatic heterocycles. The lowest BCUT2D eigenvalue weighted by molar-refractivity contribution is 0.0283. The van der Waals surface area contributed by atoms with Gasteiger partial charge in [0.15, 0.2) is 11.6 Å². The molecule has 0 radical (unpaired) electrons. The van der Waals surface area contributed by atoms with Crippen LogP contribution in [0.4, 0.5) is 8.78 Å². The summed E-state index contributed by atoms with van der Waals surface area (Å²) in [7, 11) is 0. The van der Waals surface area contributed by atoms with Crippen molar-refractivity contribution in [1.29, 1.82) is 0 Å². The summed E-state index contributed by atoms with van der Waals surface area (Å²) in [4.78, 5) is 18.0. The summed E-state index contributed by atoms with van der Waals surface area (Å²) >= 11 is 0. The minimum Gasteiger partial charge on any atom is -0.489 e. The van der Waals surface area contributed by atoms with E-state index in [0.29, 0.717) is 36.1 Å². The SMILES string of the molecule is NC(=O)c1ccc(F)c2c1C[C@@H](N(C[C@H]1CCc3[nH]c4ccc(F)cc4c3C1)C1CCC1)CO2. The van der Waals surface area contributed by atoms with E-state index in [1.165, 1.54) is 35.9 Å². The molecular weight excluding hydrogens is 436 g/mol. The van der Waals surface area contributed by atoms with Gasteiger partial charge in [-0.3, -0.25) is 9.69 Å². The van der Waals surface area contributed by atoms with Crippen LogP contribution >= 0.6 is 0 Å². The van der Waals surface area contributed by atoms with Crippen LogP contribution in [0.25, 0.3) is 10.9 Å². The van der Waals surface area contributed by atoms with Crippen molar-refractivity contribution >= 4 is 16.8 Å². The predicted molar refractivity (Wildman–Crippen MR) is 126 cm³/mol. The Bertz CT molecular complexity index is 1270. The predicted octanol–water partition coefficient (Wildman–Crippen LogP) is 4.51. The molecule has 1 aliphatic heterocycles. The molecule has 1 fully saturated rings. The number of hydrogen-bond donors (Lipinski definition) is 2. The number of nitrogens with zero attached hydrogens (tertiary/aromatic N) is 1. The molecule has 3 aliphatic rings. The van der Waals surface area contributed by atoms with Crippen LogP contribution in [0, 0.1) is 17.6 Å². The normalized spacial score (nSPS) is 22.2. The number of fused-ring (bicyclic) bond motifs is 4. The van der Waals surface area contributed by atoms with E-state index in [1.54, 1.807) is 6.07 Å². The van der Waals surface area contributed by atoms with Gasteiger partial charge < -0.3 is 15.5 Å². The Hall–Kier alpha value is -2.93. The summed E-state index contributed by atoms with van der Waals surface area (Å²) in [5.74, 6) is -0.589. The number of aromatic nitrogens is 1. The Kier molecular flexibility index (Phi) is 5.32. The lowest BCUT2D eigenvalue weighted by atomic mass is 9.83. The zero-order valence-electron chi connectivity index (χ0n) is 19.1. The second-order valence-corrected chi connectivity index (χ2v) is 10.1. The molecule has 2 aliphatic carbocycles. The molecule has 2 atom stereocenters. The quantitative estimate of drug-likeness (QED) is 0.583. The molecule has 0 bridgehead atoms. The first kappa shape index (κ1) is 21.6. The number of aryl methyl sites for hydroxylation is 1. The van der Waals surface area contributed by atoms with Gasteiger partial charge in [-0.15, -0.1) is 0 Å². The summed E-state index contributed by atoms with van der Waals surface area (Å²) < 4.78 is 34.2. The van der Waals surface area contributed by atoms with Gasteiger partial charge in [-0.05, 0) is 80.3 Å². The van der Waals surface area contributed by atoms with Gasteiger partial charge in [-0.2, -0.15) is 0 Å². The number of nitrogens with one attached hydrogen (secondary N) is 1. The molecule has 0 spiro atoms. The molecule has 7 heteroatoms. The van der Waals surface area contributed by atoms with Crippen LogP contribution in [-0.2, 0) is 19.3 Å². The third-order valence-electron chi connectivity index (χ3n) is 8.07. The highest BCUT2D eigenvalue weighted by Crippen LogP contribution is 2.38. The van der Waals surface area contributed by atoms with Gasteiger partial charge in [0.2, 0.25) is 5.91 Å². The standard InChI is InChI=1S/C27H29F2N3O2/c28-16-5-9-25-21(11-16)20-10-15(4-8-24(20)31-25)13-32(17-2-1-3-17)18-12-22-19(27(30)33)6-7-23(29)26(22)34-14-18/h5-7,9,11,15,17-18,31H,1-4,8,10,12-14H2,(H2,30,33)/t15-,18+/m0/s1. The highest BCUT2D eigenvalue weighted by Gasteiger charge is 2.37. The number of carbonyl (C=O) groups excluding carboxylic acids is 1. The Morgan fingerprint density at radius 1 is 1.09 bits per heavy atom. The second kappa shape index (κ2) is 8.38. The van der Waals surface area contributed by atoms with Crippen LogP contribution in [0.2, 0.25) is 0 Å². The second-order valence-electron chi connectivity index (χ2n) is 10.1. The number of benzene rings is 2. The number of aromatic amines is 1. The van der Waals surface area contributed by atoms with E-state index in [1.807, 2.05) is 6.07 Å². The van der Waals surface area contributed by atoms with Crippen LogP contribution in [-0.4, -0.2) is 41.0 Å². The molecule has 2 aromatic carbocycles. The minimum atomic E-state index is -0.554. The zero-order chi connectivity index (χ0) is 23.4. The van der Waals surface area contributed by atoms with Gasteiger partial charge in [0.1, 0.15) is 12.4 Å². The summed E-state index contributed by atoms with van der Waals surface area (Å²) in [5, 5.41) is 0.992. The van der Waals surface area contributed by atoms with E-state index >= 15 is 0 Å². The molecule has 0 saturated heterocycles. The van der Waals surface area contributed by atoms with E-state index in [0.717, 1.165) is 49.6 Å². The van der Waals surface area contributed by atoms with Crippen molar-refractivity contribution in [3.63, 3.8) is 0 Å².